The van der Waals surface area contributed by atoms with Gasteiger partial charge in [0.2, 0.25) is 15.9 Å². The molecule has 0 bridgehead atoms. The zero-order valence-electron chi connectivity index (χ0n) is 22.3. The van der Waals surface area contributed by atoms with Gasteiger partial charge in [-0.15, -0.1) is 0 Å². The Morgan fingerprint density at radius 1 is 0.837 bits per heavy atom. The van der Waals surface area contributed by atoms with Gasteiger partial charge in [-0.25, -0.2) is 13.4 Å². The number of para-hydroxylation sites is 1. The number of pyridine rings is 1. The molecule has 4 aromatic rings. The Morgan fingerprint density at radius 3 is 2.16 bits per heavy atom. The largest absolute Gasteiger partial charge is 0.488 e. The fraction of sp³-hybridized carbons (Fsp3) is 0.233. The number of aromatic nitrogens is 1. The lowest BCUT2D eigenvalue weighted by Crippen LogP contribution is -2.34. The average molecular weight is 623 g/mol. The van der Waals surface area contributed by atoms with Crippen molar-refractivity contribution in [3.63, 3.8) is 0 Å². The molecule has 3 aromatic carbocycles. The van der Waals surface area contributed by atoms with Crippen molar-refractivity contribution in [1.29, 1.82) is 0 Å². The molecule has 0 atom stereocenters. The fourth-order valence-electron chi connectivity index (χ4n) is 4.65. The van der Waals surface area contributed by atoms with Gasteiger partial charge in [0.15, 0.2) is 0 Å². The molecule has 43 heavy (non-hydrogen) atoms. The Hall–Kier alpha value is -4.10. The first-order valence-corrected chi connectivity index (χ1v) is 14.4. The maximum atomic E-state index is 13.7. The van der Waals surface area contributed by atoms with Crippen molar-refractivity contribution in [3.05, 3.63) is 107 Å². The lowest BCUT2D eigenvalue weighted by Gasteiger charge is -2.27. The molecule has 13 heteroatoms. The number of halogens is 6. The number of hydrogen-bond acceptors (Lipinski definition) is 5. The van der Waals surface area contributed by atoms with Gasteiger partial charge in [0.25, 0.3) is 0 Å². The van der Waals surface area contributed by atoms with E-state index < -0.39 is 44.9 Å². The van der Waals surface area contributed by atoms with E-state index in [-0.39, 0.29) is 55.8 Å². The molecule has 1 aromatic heterocycles. The van der Waals surface area contributed by atoms with Crippen LogP contribution in [0.3, 0.4) is 0 Å². The van der Waals surface area contributed by atoms with Gasteiger partial charge in [0.05, 0.1) is 22.6 Å². The van der Waals surface area contributed by atoms with Crippen LogP contribution in [0.15, 0.2) is 90.0 Å². The number of ether oxygens (including phenoxy) is 2. The predicted octanol–water partition coefficient (Wildman–Crippen LogP) is 7.34. The molecule has 1 aliphatic rings. The molecule has 0 N–H and O–H groups in total. The van der Waals surface area contributed by atoms with E-state index in [2.05, 4.69) is 4.98 Å². The molecule has 1 aliphatic heterocycles. The van der Waals surface area contributed by atoms with Gasteiger partial charge in [-0.2, -0.15) is 30.6 Å². The van der Waals surface area contributed by atoms with E-state index in [9.17, 15) is 34.8 Å². The summed E-state index contributed by atoms with van der Waals surface area (Å²) in [5.74, 6) is 0.555. The first kappa shape index (κ1) is 30.4. The van der Waals surface area contributed by atoms with Crippen LogP contribution in [0.1, 0.15) is 28.7 Å². The van der Waals surface area contributed by atoms with Crippen LogP contribution >= 0.6 is 0 Å². The minimum absolute atomic E-state index is 0.0119. The van der Waals surface area contributed by atoms with Gasteiger partial charge >= 0.3 is 12.4 Å². The van der Waals surface area contributed by atoms with Crippen LogP contribution in [0.2, 0.25) is 0 Å². The Labute approximate surface area is 243 Å². The molecular weight excluding hydrogens is 598 g/mol. The fourth-order valence-corrected chi connectivity index (χ4v) is 6.17. The van der Waals surface area contributed by atoms with Gasteiger partial charge in [-0.1, -0.05) is 48.5 Å². The predicted molar refractivity (Wildman–Crippen MR) is 145 cm³/mol. The van der Waals surface area contributed by atoms with Crippen LogP contribution in [-0.2, 0) is 35.5 Å². The van der Waals surface area contributed by atoms with E-state index in [1.807, 2.05) is 30.3 Å². The standard InChI is InChI=1S/C30H24F6N2O4S/c31-29(32,33)21-15-22(30(34,35)36)17-23(16-21)43(39,40)38-13-6-14-41-28-26(18-38)24(11-12-37-28)25-9-4-5-10-27(25)42-19-20-7-2-1-3-8-20/h1-5,7-12,15-17H,6,13-14,18-19H2. The molecule has 0 amide bonds. The number of fused-ring (bicyclic) bond motifs is 1. The minimum Gasteiger partial charge on any atom is -0.488 e. The second-order valence-corrected chi connectivity index (χ2v) is 11.6. The first-order chi connectivity index (χ1) is 20.3. The highest BCUT2D eigenvalue weighted by atomic mass is 32.2. The van der Waals surface area contributed by atoms with Crippen LogP contribution < -0.4 is 9.47 Å². The Morgan fingerprint density at radius 2 is 1.49 bits per heavy atom. The summed E-state index contributed by atoms with van der Waals surface area (Å²) >= 11 is 0. The molecule has 6 nitrogen and oxygen atoms in total. The highest BCUT2D eigenvalue weighted by Gasteiger charge is 2.39. The normalized spacial score (nSPS) is 14.7. The maximum absolute atomic E-state index is 13.7. The lowest BCUT2D eigenvalue weighted by molar-refractivity contribution is -0.143. The molecule has 0 aliphatic carbocycles. The maximum Gasteiger partial charge on any atom is 0.416 e. The highest BCUT2D eigenvalue weighted by Crippen LogP contribution is 2.40. The van der Waals surface area contributed by atoms with Crippen LogP contribution in [-0.4, -0.2) is 30.9 Å². The van der Waals surface area contributed by atoms with Crippen molar-refractivity contribution in [2.45, 2.75) is 36.8 Å². The third kappa shape index (κ3) is 6.78. The zero-order valence-corrected chi connectivity index (χ0v) is 23.1. The van der Waals surface area contributed by atoms with E-state index in [1.54, 1.807) is 30.3 Å². The van der Waals surface area contributed by atoms with Gasteiger partial charge in [-0.3, -0.25) is 0 Å². The molecule has 2 heterocycles. The zero-order chi connectivity index (χ0) is 30.8. The second-order valence-electron chi connectivity index (χ2n) is 9.69. The minimum atomic E-state index is -5.21. The first-order valence-electron chi connectivity index (χ1n) is 13.0. The van der Waals surface area contributed by atoms with Crippen molar-refractivity contribution < 1.29 is 44.2 Å². The summed E-state index contributed by atoms with van der Waals surface area (Å²) in [6, 6.07) is 18.3. The van der Waals surface area contributed by atoms with E-state index in [0.29, 0.717) is 16.9 Å². The number of nitrogens with zero attached hydrogens (tertiary/aromatic N) is 2. The molecule has 5 rings (SSSR count). The quantitative estimate of drug-likeness (QED) is 0.211. The van der Waals surface area contributed by atoms with Crippen LogP contribution in [0, 0.1) is 0 Å². The van der Waals surface area contributed by atoms with Gasteiger partial charge < -0.3 is 9.47 Å². The number of benzene rings is 3. The summed E-state index contributed by atoms with van der Waals surface area (Å²) in [6.45, 7) is -0.400. The second kappa shape index (κ2) is 11.9. The van der Waals surface area contributed by atoms with Gasteiger partial charge in [-0.05, 0) is 47.9 Å². The van der Waals surface area contributed by atoms with E-state index in [1.165, 1.54) is 6.20 Å². The highest BCUT2D eigenvalue weighted by molar-refractivity contribution is 7.89. The van der Waals surface area contributed by atoms with Crippen molar-refractivity contribution in [1.82, 2.24) is 9.29 Å². The van der Waals surface area contributed by atoms with Gasteiger partial charge in [0.1, 0.15) is 12.4 Å². The molecule has 0 radical (unpaired) electrons. The van der Waals surface area contributed by atoms with E-state index in [4.69, 9.17) is 9.47 Å². The van der Waals surface area contributed by atoms with Crippen LogP contribution in [0.5, 0.6) is 11.6 Å². The third-order valence-corrected chi connectivity index (χ3v) is 8.58. The van der Waals surface area contributed by atoms with E-state index >= 15 is 0 Å². The monoisotopic (exact) mass is 622 g/mol. The molecule has 0 saturated heterocycles. The molecule has 0 fully saturated rings. The van der Waals surface area contributed by atoms with Crippen molar-refractivity contribution in [2.75, 3.05) is 13.2 Å². The van der Waals surface area contributed by atoms with Gasteiger partial charge in [0, 0.05) is 30.4 Å². The summed E-state index contributed by atoms with van der Waals surface area (Å²) in [7, 11) is -4.85. The summed E-state index contributed by atoms with van der Waals surface area (Å²) in [6.07, 6.45) is -8.83. The Balaban J connectivity index is 1.56. The molecule has 0 unspecified atom stereocenters. The Kier molecular flexibility index (Phi) is 8.39. The SMILES string of the molecule is O=S(=O)(c1cc(C(F)(F)F)cc(C(F)(F)F)c1)N1CCCOc2nccc(-c3ccccc3OCc3ccccc3)c2C1. The topological polar surface area (TPSA) is 68.7 Å². The molecule has 0 saturated carbocycles. The number of alkyl halides is 6. The number of hydrogen-bond donors (Lipinski definition) is 0. The lowest BCUT2D eigenvalue weighted by atomic mass is 10.00. The summed E-state index contributed by atoms with van der Waals surface area (Å²) in [5, 5.41) is 0. The smallest absolute Gasteiger partial charge is 0.416 e. The van der Waals surface area contributed by atoms with Crippen LogP contribution in [0.25, 0.3) is 11.1 Å². The van der Waals surface area contributed by atoms with E-state index in [0.717, 1.165) is 9.87 Å². The van der Waals surface area contributed by atoms with Crippen molar-refractivity contribution >= 4 is 10.0 Å². The Bertz CT molecular complexity index is 1680. The number of sulfonamides is 1. The number of rotatable bonds is 6. The van der Waals surface area contributed by atoms with Crippen LogP contribution in [0.4, 0.5) is 26.3 Å². The average Bonchev–Trinajstić information content (AvgIpc) is 2.95. The summed E-state index contributed by atoms with van der Waals surface area (Å²) in [4.78, 5) is 3.11. The van der Waals surface area contributed by atoms with Crippen molar-refractivity contribution in [3.8, 4) is 22.8 Å². The molecule has 226 valence electrons. The summed E-state index contributed by atoms with van der Waals surface area (Å²) in [5.41, 5.74) is -1.20. The molecule has 0 spiro atoms. The third-order valence-electron chi connectivity index (χ3n) is 6.75. The molecular formula is C30H24F6N2O4S. The summed E-state index contributed by atoms with van der Waals surface area (Å²) < 4.78 is 121. The van der Waals surface area contributed by atoms with Crippen molar-refractivity contribution in [2.24, 2.45) is 0 Å².